The molecule has 0 saturated carbocycles. The van der Waals surface area contributed by atoms with Gasteiger partial charge in [-0.2, -0.15) is 0 Å². The van der Waals surface area contributed by atoms with Crippen LogP contribution in [0, 0.1) is 13.8 Å². The molecule has 0 radical (unpaired) electrons. The molecule has 1 aromatic carbocycles. The zero-order valence-electron chi connectivity index (χ0n) is 15.3. The first kappa shape index (κ1) is 20.7. The summed E-state index contributed by atoms with van der Waals surface area (Å²) in [5.41, 5.74) is 3.21. The molecule has 0 unspecified atom stereocenters. The average molecular weight is 484 g/mol. The number of fused-ring (bicyclic) bond motifs is 1. The highest BCUT2D eigenvalue weighted by Crippen LogP contribution is 2.24. The van der Waals surface area contributed by atoms with Crippen molar-refractivity contribution in [1.82, 2.24) is 15.6 Å². The monoisotopic (exact) mass is 484 g/mol. The number of benzene rings is 1. The number of halogens is 1. The van der Waals surface area contributed by atoms with Gasteiger partial charge in [-0.1, -0.05) is 18.2 Å². The molecule has 5 nitrogen and oxygen atoms in total. The highest BCUT2D eigenvalue weighted by Gasteiger charge is 2.10. The molecular weight excluding hydrogens is 459 g/mol. The third-order valence-corrected chi connectivity index (χ3v) is 5.14. The van der Waals surface area contributed by atoms with Crippen LogP contribution < -0.4 is 10.6 Å². The molecule has 7 heteroatoms. The molecule has 0 bridgehead atoms. The Morgan fingerprint density at radius 2 is 2.04 bits per heavy atom. The number of aromatic nitrogens is 1. The van der Waals surface area contributed by atoms with E-state index in [0.717, 1.165) is 42.4 Å². The molecule has 2 heterocycles. The highest BCUT2D eigenvalue weighted by molar-refractivity contribution is 14.0. The standard InChI is InChI=1S/C19H24N4OS.HI/c1-13-12-25-18(23-13)9-6-10-21-19(20-3)22-11-17-14(2)15-7-4-5-8-16(15)24-17;/h4-5,7-8,12H,6,9-11H2,1-3H3,(H2,20,21,22);1H. The fourth-order valence-corrected chi connectivity index (χ4v) is 3.56. The summed E-state index contributed by atoms with van der Waals surface area (Å²) in [4.78, 5) is 8.76. The van der Waals surface area contributed by atoms with E-state index in [1.165, 1.54) is 16.0 Å². The van der Waals surface area contributed by atoms with Crippen LogP contribution in [0.15, 0.2) is 39.1 Å². The van der Waals surface area contributed by atoms with E-state index in [-0.39, 0.29) is 24.0 Å². The van der Waals surface area contributed by atoms with E-state index in [1.54, 1.807) is 18.4 Å². The van der Waals surface area contributed by atoms with Gasteiger partial charge in [0.2, 0.25) is 0 Å². The van der Waals surface area contributed by atoms with Crippen molar-refractivity contribution in [3.8, 4) is 0 Å². The number of para-hydroxylation sites is 1. The van der Waals surface area contributed by atoms with Crippen LogP contribution >= 0.6 is 35.3 Å². The Kier molecular flexibility index (Phi) is 7.89. The third-order valence-electron chi connectivity index (χ3n) is 4.11. The van der Waals surface area contributed by atoms with Gasteiger partial charge >= 0.3 is 0 Å². The van der Waals surface area contributed by atoms with Gasteiger partial charge in [0.15, 0.2) is 5.96 Å². The fraction of sp³-hybridized carbons (Fsp3) is 0.368. The smallest absolute Gasteiger partial charge is 0.191 e. The zero-order valence-corrected chi connectivity index (χ0v) is 18.5. The molecule has 3 rings (SSSR count). The number of thiazole rings is 1. The molecular formula is C19H25IN4OS. The molecule has 0 spiro atoms. The number of hydrogen-bond donors (Lipinski definition) is 2. The number of nitrogens with one attached hydrogen (secondary N) is 2. The van der Waals surface area contributed by atoms with Crippen molar-refractivity contribution in [2.24, 2.45) is 4.99 Å². The quantitative estimate of drug-likeness (QED) is 0.235. The summed E-state index contributed by atoms with van der Waals surface area (Å²) >= 11 is 1.73. The van der Waals surface area contributed by atoms with Crippen LogP contribution in [0.25, 0.3) is 11.0 Å². The lowest BCUT2D eigenvalue weighted by Crippen LogP contribution is -2.37. The van der Waals surface area contributed by atoms with Crippen molar-refractivity contribution in [2.75, 3.05) is 13.6 Å². The van der Waals surface area contributed by atoms with Crippen LogP contribution in [-0.2, 0) is 13.0 Å². The van der Waals surface area contributed by atoms with E-state index in [9.17, 15) is 0 Å². The first-order valence-electron chi connectivity index (χ1n) is 8.50. The summed E-state index contributed by atoms with van der Waals surface area (Å²) in [6.07, 6.45) is 2.02. The van der Waals surface area contributed by atoms with Crippen LogP contribution in [0.4, 0.5) is 0 Å². The summed E-state index contributed by atoms with van der Waals surface area (Å²) in [6.45, 7) is 5.60. The van der Waals surface area contributed by atoms with Crippen molar-refractivity contribution in [2.45, 2.75) is 33.2 Å². The predicted octanol–water partition coefficient (Wildman–Crippen LogP) is 4.42. The molecule has 0 amide bonds. The minimum absolute atomic E-state index is 0. The Hall–Kier alpha value is -1.61. The Bertz CT molecular complexity index is 871. The topological polar surface area (TPSA) is 62.5 Å². The van der Waals surface area contributed by atoms with Gasteiger partial charge in [0.25, 0.3) is 0 Å². The van der Waals surface area contributed by atoms with Crippen molar-refractivity contribution < 1.29 is 4.42 Å². The number of aryl methyl sites for hydroxylation is 3. The van der Waals surface area contributed by atoms with Crippen LogP contribution in [0.3, 0.4) is 0 Å². The Labute approximate surface area is 175 Å². The number of rotatable bonds is 6. The van der Waals surface area contributed by atoms with Gasteiger partial charge in [-0.05, 0) is 26.3 Å². The first-order valence-corrected chi connectivity index (χ1v) is 9.38. The van der Waals surface area contributed by atoms with E-state index >= 15 is 0 Å². The van der Waals surface area contributed by atoms with E-state index in [2.05, 4.69) is 39.0 Å². The Morgan fingerprint density at radius 1 is 1.23 bits per heavy atom. The van der Waals surface area contributed by atoms with E-state index in [0.29, 0.717) is 6.54 Å². The predicted molar refractivity (Wildman–Crippen MR) is 120 cm³/mol. The maximum absolute atomic E-state index is 5.93. The SMILES string of the molecule is CN=C(NCCCc1nc(C)cs1)NCc1oc2ccccc2c1C.I. The van der Waals surface area contributed by atoms with Crippen molar-refractivity contribution >= 4 is 52.2 Å². The second kappa shape index (κ2) is 9.91. The first-order chi connectivity index (χ1) is 12.2. The summed E-state index contributed by atoms with van der Waals surface area (Å²) in [6, 6.07) is 8.11. The molecule has 0 atom stereocenters. The van der Waals surface area contributed by atoms with E-state index < -0.39 is 0 Å². The number of hydrogen-bond acceptors (Lipinski definition) is 4. The molecule has 0 fully saturated rings. The van der Waals surface area contributed by atoms with Gasteiger partial charge in [-0.25, -0.2) is 4.98 Å². The molecule has 2 N–H and O–H groups in total. The number of guanidine groups is 1. The highest BCUT2D eigenvalue weighted by atomic mass is 127. The minimum atomic E-state index is 0. The molecule has 26 heavy (non-hydrogen) atoms. The molecule has 3 aromatic rings. The van der Waals surface area contributed by atoms with Gasteiger partial charge in [0.1, 0.15) is 11.3 Å². The second-order valence-corrected chi connectivity index (χ2v) is 6.93. The normalized spacial score (nSPS) is 11.4. The van der Waals surface area contributed by atoms with Gasteiger partial charge in [-0.3, -0.25) is 4.99 Å². The van der Waals surface area contributed by atoms with Crippen LogP contribution in [0.5, 0.6) is 0 Å². The maximum atomic E-state index is 5.93. The Morgan fingerprint density at radius 3 is 2.73 bits per heavy atom. The summed E-state index contributed by atoms with van der Waals surface area (Å²) in [5.74, 6) is 1.73. The third kappa shape index (κ3) is 5.20. The van der Waals surface area contributed by atoms with E-state index in [1.807, 2.05) is 25.1 Å². The average Bonchev–Trinajstić information content (AvgIpc) is 3.18. The summed E-state index contributed by atoms with van der Waals surface area (Å²) < 4.78 is 5.93. The van der Waals surface area contributed by atoms with Crippen molar-refractivity contribution in [3.05, 3.63) is 51.7 Å². The largest absolute Gasteiger partial charge is 0.459 e. The summed E-state index contributed by atoms with van der Waals surface area (Å²) in [7, 11) is 1.78. The number of furan rings is 1. The number of nitrogens with zero attached hydrogens (tertiary/aromatic N) is 2. The van der Waals surface area contributed by atoms with Crippen molar-refractivity contribution in [3.63, 3.8) is 0 Å². The minimum Gasteiger partial charge on any atom is -0.459 e. The molecule has 140 valence electrons. The van der Waals surface area contributed by atoms with Crippen LogP contribution in [-0.4, -0.2) is 24.5 Å². The van der Waals surface area contributed by atoms with Crippen molar-refractivity contribution in [1.29, 1.82) is 0 Å². The van der Waals surface area contributed by atoms with Crippen LogP contribution in [0.1, 0.15) is 28.4 Å². The molecule has 0 saturated heterocycles. The second-order valence-electron chi connectivity index (χ2n) is 5.99. The molecule has 0 aliphatic rings. The molecule has 0 aliphatic heterocycles. The number of aliphatic imine (C=N–C) groups is 1. The maximum Gasteiger partial charge on any atom is 0.191 e. The van der Waals surface area contributed by atoms with Gasteiger partial charge in [0, 0.05) is 42.0 Å². The lowest BCUT2D eigenvalue weighted by Gasteiger charge is -2.10. The lowest BCUT2D eigenvalue weighted by atomic mass is 10.1. The lowest BCUT2D eigenvalue weighted by molar-refractivity contribution is 0.534. The van der Waals surface area contributed by atoms with Crippen LogP contribution in [0.2, 0.25) is 0 Å². The van der Waals surface area contributed by atoms with Gasteiger partial charge < -0.3 is 15.1 Å². The fourth-order valence-electron chi connectivity index (χ4n) is 2.74. The van der Waals surface area contributed by atoms with E-state index in [4.69, 9.17) is 4.42 Å². The molecule has 2 aromatic heterocycles. The zero-order chi connectivity index (χ0) is 17.6. The Balaban J connectivity index is 0.00000243. The van der Waals surface area contributed by atoms with Gasteiger partial charge in [-0.15, -0.1) is 35.3 Å². The molecule has 0 aliphatic carbocycles. The van der Waals surface area contributed by atoms with Gasteiger partial charge in [0.05, 0.1) is 11.6 Å². The summed E-state index contributed by atoms with van der Waals surface area (Å²) in [5, 5.41) is 11.1.